The Hall–Kier alpha value is -3.44. The number of aromatic hydroxyl groups is 2. The molecule has 12 heteroatoms. The third-order valence-corrected chi connectivity index (χ3v) is 5.58. The summed E-state index contributed by atoms with van der Waals surface area (Å²) in [6, 6.07) is 1.00. The molecule has 0 radical (unpaired) electrons. The number of carbonyl (C=O) groups is 1. The zero-order valence-corrected chi connectivity index (χ0v) is 18.6. The molecule has 0 aliphatic carbocycles. The number of aryl methyl sites for hydroxylation is 1. The van der Waals surface area contributed by atoms with Crippen LogP contribution in [0.2, 0.25) is 5.02 Å². The molecule has 174 valence electrons. The van der Waals surface area contributed by atoms with Gasteiger partial charge in [-0.05, 0) is 29.0 Å². The lowest BCUT2D eigenvalue weighted by atomic mass is 9.99. The number of esters is 1. The van der Waals surface area contributed by atoms with Crippen molar-refractivity contribution in [3.8, 4) is 11.5 Å². The van der Waals surface area contributed by atoms with E-state index >= 15 is 0 Å². The van der Waals surface area contributed by atoms with Gasteiger partial charge in [0.25, 0.3) is 0 Å². The molecule has 2 N–H and O–H groups in total. The number of tetrazole rings is 1. The number of phenols is 2. The van der Waals surface area contributed by atoms with Gasteiger partial charge in [-0.15, -0.1) is 5.10 Å². The maximum Gasteiger partial charge on any atom is 0.342 e. The Morgan fingerprint density at radius 2 is 2.15 bits per heavy atom. The van der Waals surface area contributed by atoms with E-state index in [0.29, 0.717) is 18.0 Å². The number of fused-ring (bicyclic) bond motifs is 2. The fourth-order valence-electron chi connectivity index (χ4n) is 3.40. The van der Waals surface area contributed by atoms with Gasteiger partial charge < -0.3 is 24.5 Å². The number of phenolic OH excluding ortho intramolecular Hbond substituents is 2. The number of ether oxygens (including phenoxy) is 2. The molecule has 2 aliphatic rings. The van der Waals surface area contributed by atoms with E-state index in [0.717, 1.165) is 6.07 Å². The van der Waals surface area contributed by atoms with Gasteiger partial charge in [0.05, 0.1) is 16.8 Å². The van der Waals surface area contributed by atoms with Crippen LogP contribution in [0, 0.1) is 0 Å². The van der Waals surface area contributed by atoms with E-state index in [1.54, 1.807) is 26.1 Å². The van der Waals surface area contributed by atoms with Gasteiger partial charge in [0.2, 0.25) is 0 Å². The fourth-order valence-corrected chi connectivity index (χ4v) is 3.61. The monoisotopic (exact) mass is 475 g/mol. The van der Waals surface area contributed by atoms with Crippen LogP contribution < -0.4 is 0 Å². The molecule has 11 nitrogen and oxygen atoms in total. The molecule has 2 aromatic rings. The highest BCUT2D eigenvalue weighted by Crippen LogP contribution is 2.38. The number of carbonyl (C=O) groups excluding carboxylic acids is 1. The summed E-state index contributed by atoms with van der Waals surface area (Å²) in [5.74, 6) is -1.15. The van der Waals surface area contributed by atoms with Crippen molar-refractivity contribution in [3.05, 3.63) is 52.3 Å². The molecule has 3 atom stereocenters. The van der Waals surface area contributed by atoms with Gasteiger partial charge in [-0.25, -0.2) is 9.48 Å². The first-order valence-corrected chi connectivity index (χ1v) is 10.6. The van der Waals surface area contributed by atoms with Gasteiger partial charge in [-0.3, -0.25) is 0 Å². The molecule has 0 spiro atoms. The van der Waals surface area contributed by atoms with Crippen LogP contribution in [0.3, 0.4) is 0 Å². The highest BCUT2D eigenvalue weighted by molar-refractivity contribution is 6.33. The zero-order chi connectivity index (χ0) is 23.5. The van der Waals surface area contributed by atoms with Crippen LogP contribution in [0.4, 0.5) is 0 Å². The molecule has 1 saturated heterocycles. The summed E-state index contributed by atoms with van der Waals surface area (Å²) in [5, 5.41) is 35.7. The number of allylic oxidation sites excluding steroid dienone is 3. The molecule has 3 heterocycles. The standard InChI is InChI=1S/C21H22ClN5O6/c1-11-7-17-16(33-17)6-4-3-5-12(24-31-10-18-23-25-26-27(18)2)8-13-19(21(30)32-11)14(28)9-15(29)20(13)22/h3-6,9,11,16-17,28-29H,7-8,10H2,1-2H3/b5-3+,6-4-,24-12+. The Morgan fingerprint density at radius 1 is 1.33 bits per heavy atom. The van der Waals surface area contributed by atoms with Gasteiger partial charge in [0.15, 0.2) is 12.4 Å². The van der Waals surface area contributed by atoms with E-state index < -0.39 is 17.8 Å². The van der Waals surface area contributed by atoms with Crippen molar-refractivity contribution in [1.82, 2.24) is 20.2 Å². The summed E-state index contributed by atoms with van der Waals surface area (Å²) >= 11 is 6.31. The Bertz CT molecular complexity index is 1140. The second kappa shape index (κ2) is 9.59. The Labute approximate surface area is 193 Å². The average Bonchev–Trinajstić information content (AvgIpc) is 3.36. The summed E-state index contributed by atoms with van der Waals surface area (Å²) in [6.07, 6.45) is 6.99. The van der Waals surface area contributed by atoms with E-state index in [4.69, 9.17) is 25.9 Å². The largest absolute Gasteiger partial charge is 0.507 e. The van der Waals surface area contributed by atoms with Gasteiger partial charge >= 0.3 is 5.97 Å². The third-order valence-electron chi connectivity index (χ3n) is 5.16. The molecule has 4 rings (SSSR count). The maximum atomic E-state index is 12.9. The van der Waals surface area contributed by atoms with Crippen LogP contribution in [0.1, 0.15) is 35.1 Å². The SMILES string of the molecule is CC1CC2OC2\C=C/C=C/C(=N\OCc2nnnn2C)Cc2c(Cl)c(O)cc(O)c2C(=O)O1. The van der Waals surface area contributed by atoms with E-state index in [2.05, 4.69) is 20.7 Å². The normalized spacial score (nSPS) is 26.0. The Kier molecular flexibility index (Phi) is 6.61. The molecule has 0 saturated carbocycles. The van der Waals surface area contributed by atoms with Crippen LogP contribution in [0.25, 0.3) is 0 Å². The minimum atomic E-state index is -0.767. The predicted molar refractivity (Wildman–Crippen MR) is 116 cm³/mol. The van der Waals surface area contributed by atoms with Gasteiger partial charge in [0, 0.05) is 26.0 Å². The van der Waals surface area contributed by atoms with Crippen molar-refractivity contribution in [2.45, 2.75) is 44.7 Å². The van der Waals surface area contributed by atoms with Crippen LogP contribution in [0.15, 0.2) is 35.5 Å². The van der Waals surface area contributed by atoms with E-state index in [-0.39, 0.29) is 47.1 Å². The van der Waals surface area contributed by atoms with Gasteiger partial charge in [0.1, 0.15) is 29.3 Å². The first kappa shape index (κ1) is 22.7. The van der Waals surface area contributed by atoms with Crippen LogP contribution >= 0.6 is 11.6 Å². The molecular weight excluding hydrogens is 454 g/mol. The predicted octanol–water partition coefficient (Wildman–Crippen LogP) is 2.22. The average molecular weight is 476 g/mol. The van der Waals surface area contributed by atoms with E-state index in [1.807, 2.05) is 12.2 Å². The molecule has 1 aromatic heterocycles. The number of hydrogen-bond acceptors (Lipinski definition) is 10. The molecule has 0 amide bonds. The Morgan fingerprint density at radius 3 is 2.91 bits per heavy atom. The van der Waals surface area contributed by atoms with E-state index in [1.165, 1.54) is 4.68 Å². The number of cyclic esters (lactones) is 1. The summed E-state index contributed by atoms with van der Waals surface area (Å²) < 4.78 is 12.5. The van der Waals surface area contributed by atoms with Crippen molar-refractivity contribution in [1.29, 1.82) is 0 Å². The summed E-state index contributed by atoms with van der Waals surface area (Å²) in [5.41, 5.74) is 0.360. The number of hydrogen-bond donors (Lipinski definition) is 2. The molecular formula is C21H22ClN5O6. The topological polar surface area (TPSA) is 144 Å². The highest BCUT2D eigenvalue weighted by atomic mass is 35.5. The summed E-state index contributed by atoms with van der Waals surface area (Å²) in [7, 11) is 1.67. The van der Waals surface area contributed by atoms with Crippen LogP contribution in [-0.4, -0.2) is 60.4 Å². The van der Waals surface area contributed by atoms with Crippen molar-refractivity contribution in [3.63, 3.8) is 0 Å². The van der Waals surface area contributed by atoms with E-state index in [9.17, 15) is 15.0 Å². The lowest BCUT2D eigenvalue weighted by molar-refractivity contribution is 0.0306. The number of oxime groups is 1. The lowest BCUT2D eigenvalue weighted by Crippen LogP contribution is -2.20. The highest BCUT2D eigenvalue weighted by Gasteiger charge is 2.38. The smallest absolute Gasteiger partial charge is 0.342 e. The number of epoxide rings is 1. The quantitative estimate of drug-likeness (QED) is 0.387. The van der Waals surface area contributed by atoms with Crippen LogP contribution in [-0.2, 0) is 34.4 Å². The fraction of sp³-hybridized carbons (Fsp3) is 0.381. The second-order valence-electron chi connectivity index (χ2n) is 7.67. The number of aromatic nitrogens is 4. The minimum Gasteiger partial charge on any atom is -0.507 e. The van der Waals surface area contributed by atoms with Crippen molar-refractivity contribution >= 4 is 23.3 Å². The molecule has 0 bridgehead atoms. The van der Waals surface area contributed by atoms with Gasteiger partial charge in [-0.1, -0.05) is 35.0 Å². The Balaban J connectivity index is 1.69. The lowest BCUT2D eigenvalue weighted by Gasteiger charge is -2.17. The van der Waals surface area contributed by atoms with Crippen molar-refractivity contribution < 1.29 is 29.3 Å². The number of benzene rings is 1. The maximum absolute atomic E-state index is 12.9. The van der Waals surface area contributed by atoms with Crippen molar-refractivity contribution in [2.75, 3.05) is 0 Å². The minimum absolute atomic E-state index is 0.000289. The number of rotatable bonds is 3. The van der Waals surface area contributed by atoms with Crippen LogP contribution in [0.5, 0.6) is 11.5 Å². The number of halogens is 1. The number of nitrogens with zero attached hydrogens (tertiary/aromatic N) is 5. The molecule has 1 fully saturated rings. The summed E-state index contributed by atoms with van der Waals surface area (Å²) in [6.45, 7) is 1.74. The summed E-state index contributed by atoms with van der Waals surface area (Å²) in [4.78, 5) is 18.3. The molecule has 33 heavy (non-hydrogen) atoms. The second-order valence-corrected chi connectivity index (χ2v) is 8.05. The first-order valence-electron chi connectivity index (χ1n) is 10.2. The van der Waals surface area contributed by atoms with Gasteiger partial charge in [-0.2, -0.15) is 0 Å². The molecule has 3 unspecified atom stereocenters. The first-order chi connectivity index (χ1) is 15.8. The molecule has 2 aliphatic heterocycles. The third kappa shape index (κ3) is 5.32. The zero-order valence-electron chi connectivity index (χ0n) is 17.9. The van der Waals surface area contributed by atoms with Crippen molar-refractivity contribution in [2.24, 2.45) is 12.2 Å². The molecule has 1 aromatic carbocycles.